The predicted octanol–water partition coefficient (Wildman–Crippen LogP) is 1.75. The lowest BCUT2D eigenvalue weighted by Gasteiger charge is -2.34. The Morgan fingerprint density at radius 3 is 2.43 bits per heavy atom. The minimum Gasteiger partial charge on any atom is -0.340 e. The SMILES string of the molecule is O=C(CCNS(=O)(=O)c1ccccc1Cl)N1CCN(Cc2ccncc2)CC1. The number of hydrogen-bond acceptors (Lipinski definition) is 5. The fraction of sp³-hybridized carbons (Fsp3) is 0.368. The number of benzene rings is 1. The van der Waals surface area contributed by atoms with Crippen LogP contribution < -0.4 is 4.72 Å². The molecule has 1 aromatic heterocycles. The van der Waals surface area contributed by atoms with Gasteiger partial charge in [0.1, 0.15) is 4.90 Å². The van der Waals surface area contributed by atoms with E-state index in [9.17, 15) is 13.2 Å². The summed E-state index contributed by atoms with van der Waals surface area (Å²) < 4.78 is 27.0. The molecular weight excluding hydrogens is 400 g/mol. The molecule has 1 saturated heterocycles. The van der Waals surface area contributed by atoms with E-state index >= 15 is 0 Å². The van der Waals surface area contributed by atoms with Gasteiger partial charge in [0.2, 0.25) is 15.9 Å². The van der Waals surface area contributed by atoms with E-state index in [0.29, 0.717) is 13.1 Å². The van der Waals surface area contributed by atoms with Crippen LogP contribution in [0.5, 0.6) is 0 Å². The molecule has 0 atom stereocenters. The van der Waals surface area contributed by atoms with Crippen LogP contribution in [0.3, 0.4) is 0 Å². The van der Waals surface area contributed by atoms with E-state index in [2.05, 4.69) is 14.6 Å². The molecule has 1 amide bonds. The lowest BCUT2D eigenvalue weighted by Crippen LogP contribution is -2.48. The molecule has 0 aliphatic carbocycles. The Bertz CT molecular complexity index is 900. The summed E-state index contributed by atoms with van der Waals surface area (Å²) in [6.07, 6.45) is 3.67. The Labute approximate surface area is 170 Å². The monoisotopic (exact) mass is 422 g/mol. The van der Waals surface area contributed by atoms with Crippen molar-refractivity contribution in [3.05, 3.63) is 59.4 Å². The lowest BCUT2D eigenvalue weighted by atomic mass is 10.2. The maximum atomic E-state index is 12.4. The van der Waals surface area contributed by atoms with Gasteiger partial charge in [-0.25, -0.2) is 13.1 Å². The highest BCUT2D eigenvalue weighted by atomic mass is 35.5. The molecule has 9 heteroatoms. The molecule has 1 aromatic carbocycles. The van der Waals surface area contributed by atoms with Gasteiger partial charge in [0.25, 0.3) is 0 Å². The largest absolute Gasteiger partial charge is 0.340 e. The van der Waals surface area contributed by atoms with Crippen molar-refractivity contribution in [3.8, 4) is 0 Å². The van der Waals surface area contributed by atoms with Crippen LogP contribution in [0.1, 0.15) is 12.0 Å². The minimum absolute atomic E-state index is 0.0221. The van der Waals surface area contributed by atoms with Gasteiger partial charge >= 0.3 is 0 Å². The Morgan fingerprint density at radius 2 is 1.75 bits per heavy atom. The number of sulfonamides is 1. The van der Waals surface area contributed by atoms with Gasteiger partial charge in [-0.05, 0) is 29.8 Å². The van der Waals surface area contributed by atoms with Gasteiger partial charge in [0, 0.05) is 58.1 Å². The Kier molecular flexibility index (Phi) is 7.01. The molecule has 150 valence electrons. The molecule has 2 heterocycles. The van der Waals surface area contributed by atoms with Crippen LogP contribution in [0.25, 0.3) is 0 Å². The van der Waals surface area contributed by atoms with Crippen molar-refractivity contribution in [1.29, 1.82) is 0 Å². The summed E-state index contributed by atoms with van der Waals surface area (Å²) in [5.74, 6) is -0.0505. The number of carbonyl (C=O) groups excluding carboxylic acids is 1. The summed E-state index contributed by atoms with van der Waals surface area (Å²) >= 11 is 5.94. The van der Waals surface area contributed by atoms with Crippen LogP contribution in [-0.4, -0.2) is 61.8 Å². The molecule has 0 spiro atoms. The van der Waals surface area contributed by atoms with E-state index in [1.54, 1.807) is 29.4 Å². The van der Waals surface area contributed by atoms with Crippen molar-refractivity contribution in [3.63, 3.8) is 0 Å². The summed E-state index contributed by atoms with van der Waals surface area (Å²) in [5, 5.41) is 0.159. The quantitative estimate of drug-likeness (QED) is 0.735. The van der Waals surface area contributed by atoms with Crippen molar-refractivity contribution in [2.75, 3.05) is 32.7 Å². The average molecular weight is 423 g/mol. The van der Waals surface area contributed by atoms with E-state index in [1.807, 2.05) is 12.1 Å². The van der Waals surface area contributed by atoms with Crippen LogP contribution in [0, 0.1) is 0 Å². The number of carbonyl (C=O) groups is 1. The van der Waals surface area contributed by atoms with Crippen molar-refractivity contribution in [2.24, 2.45) is 0 Å². The predicted molar refractivity (Wildman–Crippen MR) is 107 cm³/mol. The number of piperazine rings is 1. The average Bonchev–Trinajstić information content (AvgIpc) is 2.69. The Balaban J connectivity index is 1.43. The number of amides is 1. The van der Waals surface area contributed by atoms with Gasteiger partial charge in [-0.1, -0.05) is 23.7 Å². The van der Waals surface area contributed by atoms with E-state index in [1.165, 1.54) is 17.7 Å². The van der Waals surface area contributed by atoms with Gasteiger partial charge in [0.05, 0.1) is 5.02 Å². The van der Waals surface area contributed by atoms with Crippen LogP contribution in [0.15, 0.2) is 53.7 Å². The van der Waals surface area contributed by atoms with E-state index in [-0.39, 0.29) is 28.8 Å². The zero-order valence-corrected chi connectivity index (χ0v) is 17.0. The molecule has 28 heavy (non-hydrogen) atoms. The summed E-state index contributed by atoms with van der Waals surface area (Å²) in [5.41, 5.74) is 1.20. The molecule has 0 saturated carbocycles. The molecule has 1 aliphatic heterocycles. The van der Waals surface area contributed by atoms with E-state index < -0.39 is 10.0 Å². The molecule has 0 unspecified atom stereocenters. The Morgan fingerprint density at radius 1 is 1.07 bits per heavy atom. The number of halogens is 1. The topological polar surface area (TPSA) is 82.6 Å². The summed E-state index contributed by atoms with van der Waals surface area (Å²) in [4.78, 5) is 20.5. The molecule has 0 bridgehead atoms. The fourth-order valence-corrected chi connectivity index (χ4v) is 4.64. The number of pyridine rings is 1. The molecular formula is C19H23ClN4O3S. The second-order valence-electron chi connectivity index (χ2n) is 6.59. The number of hydrogen-bond donors (Lipinski definition) is 1. The number of aromatic nitrogens is 1. The first-order chi connectivity index (χ1) is 13.5. The van der Waals surface area contributed by atoms with Gasteiger partial charge in [-0.2, -0.15) is 0 Å². The zero-order chi connectivity index (χ0) is 20.0. The third kappa shape index (κ3) is 5.51. The van der Waals surface area contributed by atoms with E-state index in [4.69, 9.17) is 11.6 Å². The van der Waals surface area contributed by atoms with Crippen molar-refractivity contribution in [1.82, 2.24) is 19.5 Å². The van der Waals surface area contributed by atoms with Crippen LogP contribution >= 0.6 is 11.6 Å². The normalized spacial score (nSPS) is 15.5. The molecule has 1 N–H and O–H groups in total. The number of nitrogens with one attached hydrogen (secondary N) is 1. The molecule has 2 aromatic rings. The highest BCUT2D eigenvalue weighted by Crippen LogP contribution is 2.20. The fourth-order valence-electron chi connectivity index (χ4n) is 3.09. The van der Waals surface area contributed by atoms with Crippen LogP contribution in [-0.2, 0) is 21.4 Å². The first-order valence-electron chi connectivity index (χ1n) is 9.09. The highest BCUT2D eigenvalue weighted by Gasteiger charge is 2.22. The van der Waals surface area contributed by atoms with Gasteiger partial charge in [-0.15, -0.1) is 0 Å². The standard InChI is InChI=1S/C19H23ClN4O3S/c20-17-3-1-2-4-18(17)28(26,27)22-10-7-19(25)24-13-11-23(12-14-24)15-16-5-8-21-9-6-16/h1-6,8-9,22H,7,10-15H2. The Hall–Kier alpha value is -2.00. The maximum absolute atomic E-state index is 12.4. The lowest BCUT2D eigenvalue weighted by molar-refractivity contribution is -0.132. The molecule has 7 nitrogen and oxygen atoms in total. The first kappa shape index (κ1) is 20.7. The minimum atomic E-state index is -3.73. The van der Waals surface area contributed by atoms with Gasteiger partial charge in [-0.3, -0.25) is 14.7 Å². The van der Waals surface area contributed by atoms with Gasteiger partial charge < -0.3 is 4.90 Å². The highest BCUT2D eigenvalue weighted by molar-refractivity contribution is 7.89. The first-order valence-corrected chi connectivity index (χ1v) is 10.9. The van der Waals surface area contributed by atoms with Crippen LogP contribution in [0.4, 0.5) is 0 Å². The third-order valence-electron chi connectivity index (χ3n) is 4.64. The molecule has 1 aliphatic rings. The third-order valence-corrected chi connectivity index (χ3v) is 6.60. The second kappa shape index (κ2) is 9.47. The molecule has 3 rings (SSSR count). The smallest absolute Gasteiger partial charge is 0.242 e. The summed E-state index contributed by atoms with van der Waals surface area (Å²) in [6, 6.07) is 10.2. The van der Waals surface area contributed by atoms with Crippen LogP contribution in [0.2, 0.25) is 5.02 Å². The van der Waals surface area contributed by atoms with Gasteiger partial charge in [0.15, 0.2) is 0 Å². The molecule has 1 fully saturated rings. The molecule has 0 radical (unpaired) electrons. The summed E-state index contributed by atoms with van der Waals surface area (Å²) in [7, 11) is -3.73. The number of nitrogens with zero attached hydrogens (tertiary/aromatic N) is 3. The van der Waals surface area contributed by atoms with Crippen molar-refractivity contribution in [2.45, 2.75) is 17.9 Å². The second-order valence-corrected chi connectivity index (χ2v) is 8.73. The van der Waals surface area contributed by atoms with Crippen molar-refractivity contribution < 1.29 is 13.2 Å². The summed E-state index contributed by atoms with van der Waals surface area (Å²) in [6.45, 7) is 3.74. The van der Waals surface area contributed by atoms with Crippen molar-refractivity contribution >= 4 is 27.5 Å². The van der Waals surface area contributed by atoms with E-state index in [0.717, 1.165) is 19.6 Å². The maximum Gasteiger partial charge on any atom is 0.242 e. The zero-order valence-electron chi connectivity index (χ0n) is 15.4. The number of rotatable bonds is 7.